The third-order valence-electron chi connectivity index (χ3n) is 4.57. The van der Waals surface area contributed by atoms with Crippen LogP contribution in [0.4, 0.5) is 5.69 Å². The first kappa shape index (κ1) is 16.3. The van der Waals surface area contributed by atoms with Crippen molar-refractivity contribution in [1.82, 2.24) is 9.55 Å². The van der Waals surface area contributed by atoms with Gasteiger partial charge in [-0.1, -0.05) is 35.0 Å². The lowest BCUT2D eigenvalue weighted by atomic mass is 10.0. The van der Waals surface area contributed by atoms with Crippen molar-refractivity contribution >= 4 is 22.3 Å². The largest absolute Gasteiger partial charge is 0.390 e. The van der Waals surface area contributed by atoms with Gasteiger partial charge in [0.25, 0.3) is 5.56 Å². The Hall–Kier alpha value is -3.15. The average Bonchev–Trinajstić information content (AvgIpc) is 3.13. The molecule has 6 heteroatoms. The van der Waals surface area contributed by atoms with Crippen molar-refractivity contribution in [2.45, 2.75) is 19.4 Å². The molecule has 1 aromatic heterocycles. The van der Waals surface area contributed by atoms with E-state index in [1.54, 1.807) is 7.05 Å². The van der Waals surface area contributed by atoms with Crippen LogP contribution in [0, 0.1) is 6.92 Å². The van der Waals surface area contributed by atoms with Gasteiger partial charge in [-0.25, -0.2) is 4.98 Å². The molecule has 1 atom stereocenters. The summed E-state index contributed by atoms with van der Waals surface area (Å²) in [6.45, 7) is 2.68. The number of hydrogen-bond acceptors (Lipinski definition) is 5. The van der Waals surface area contributed by atoms with Crippen LogP contribution in [0.25, 0.3) is 10.9 Å². The van der Waals surface area contributed by atoms with E-state index in [0.717, 1.165) is 23.4 Å². The van der Waals surface area contributed by atoms with Crippen molar-refractivity contribution in [2.75, 3.05) is 11.9 Å². The number of aromatic nitrogens is 2. The number of nitrogens with zero attached hydrogens (tertiary/aromatic N) is 3. The molecule has 0 radical (unpaired) electrons. The minimum atomic E-state index is -0.0549. The summed E-state index contributed by atoms with van der Waals surface area (Å²) >= 11 is 0. The number of anilines is 1. The van der Waals surface area contributed by atoms with Gasteiger partial charge >= 0.3 is 0 Å². The minimum absolute atomic E-state index is 0.0290. The predicted octanol–water partition coefficient (Wildman–Crippen LogP) is 2.85. The second-order valence-electron chi connectivity index (χ2n) is 6.61. The number of aryl methyl sites for hydroxylation is 2. The van der Waals surface area contributed by atoms with Gasteiger partial charge in [-0.2, -0.15) is 0 Å². The summed E-state index contributed by atoms with van der Waals surface area (Å²) < 4.78 is 1.48. The Kier molecular flexibility index (Phi) is 4.16. The Morgan fingerprint density at radius 2 is 2.04 bits per heavy atom. The van der Waals surface area contributed by atoms with Crippen molar-refractivity contribution in [3.05, 3.63) is 70.3 Å². The maximum Gasteiger partial charge on any atom is 0.260 e. The van der Waals surface area contributed by atoms with E-state index in [-0.39, 0.29) is 11.7 Å². The van der Waals surface area contributed by atoms with Crippen LogP contribution in [0.1, 0.15) is 17.5 Å². The highest BCUT2D eigenvalue weighted by Crippen LogP contribution is 2.19. The molecule has 0 fully saturated rings. The van der Waals surface area contributed by atoms with Gasteiger partial charge < -0.3 is 14.7 Å². The van der Waals surface area contributed by atoms with Crippen molar-refractivity contribution in [2.24, 2.45) is 12.2 Å². The topological polar surface area (TPSA) is 68.5 Å². The molecular formula is C20H20N4O2. The van der Waals surface area contributed by atoms with Crippen LogP contribution in [0.15, 0.2) is 58.7 Å². The molecule has 0 aliphatic carbocycles. The first-order chi connectivity index (χ1) is 12.6. The quantitative estimate of drug-likeness (QED) is 0.787. The third kappa shape index (κ3) is 3.18. The SMILES string of the molecule is Cc1ccc(C2=NOC(CNc3ccc4ncn(C)c(=O)c4c3)C2)cc1. The summed E-state index contributed by atoms with van der Waals surface area (Å²) in [6, 6.07) is 13.9. The smallest absolute Gasteiger partial charge is 0.260 e. The molecule has 0 saturated carbocycles. The van der Waals surface area contributed by atoms with Crippen LogP contribution < -0.4 is 10.9 Å². The fourth-order valence-corrected chi connectivity index (χ4v) is 3.01. The molecule has 1 unspecified atom stereocenters. The van der Waals surface area contributed by atoms with Gasteiger partial charge in [0.2, 0.25) is 0 Å². The maximum absolute atomic E-state index is 12.2. The summed E-state index contributed by atoms with van der Waals surface area (Å²) in [6.07, 6.45) is 2.26. The molecule has 1 aliphatic heterocycles. The molecule has 1 aliphatic rings. The highest BCUT2D eigenvalue weighted by Gasteiger charge is 2.22. The van der Waals surface area contributed by atoms with Gasteiger partial charge in [0.15, 0.2) is 0 Å². The second kappa shape index (κ2) is 6.63. The Morgan fingerprint density at radius 1 is 1.23 bits per heavy atom. The molecule has 0 amide bonds. The van der Waals surface area contributed by atoms with Gasteiger partial charge in [0.1, 0.15) is 6.10 Å². The summed E-state index contributed by atoms with van der Waals surface area (Å²) in [5, 5.41) is 8.15. The van der Waals surface area contributed by atoms with Crippen LogP contribution in [0.2, 0.25) is 0 Å². The number of fused-ring (bicyclic) bond motifs is 1. The molecule has 0 saturated heterocycles. The zero-order chi connectivity index (χ0) is 18.1. The van der Waals surface area contributed by atoms with Gasteiger partial charge in [0.05, 0.1) is 29.5 Å². The van der Waals surface area contributed by atoms with Crippen LogP contribution in [0.5, 0.6) is 0 Å². The molecule has 2 aromatic carbocycles. The summed E-state index contributed by atoms with van der Waals surface area (Å²) in [5.41, 5.74) is 4.80. The normalized spacial score (nSPS) is 16.4. The first-order valence-corrected chi connectivity index (χ1v) is 8.59. The molecule has 0 bridgehead atoms. The standard InChI is InChI=1S/C20H20N4O2/c1-13-3-5-14(6-4-13)19-10-16(26-23-19)11-21-15-7-8-18-17(9-15)20(25)24(2)12-22-18/h3-9,12,16,21H,10-11H2,1-2H3. The predicted molar refractivity (Wildman–Crippen MR) is 103 cm³/mol. The molecule has 26 heavy (non-hydrogen) atoms. The molecular weight excluding hydrogens is 328 g/mol. The third-order valence-corrected chi connectivity index (χ3v) is 4.57. The number of benzene rings is 2. The number of oxime groups is 1. The molecule has 2 heterocycles. The zero-order valence-corrected chi connectivity index (χ0v) is 14.8. The van der Waals surface area contributed by atoms with E-state index in [4.69, 9.17) is 4.84 Å². The molecule has 4 rings (SSSR count). The second-order valence-corrected chi connectivity index (χ2v) is 6.61. The molecule has 3 aromatic rings. The van der Waals surface area contributed by atoms with Crippen molar-refractivity contribution in [3.8, 4) is 0 Å². The Labute approximate surface area is 151 Å². The number of rotatable bonds is 4. The molecule has 6 nitrogen and oxygen atoms in total. The van der Waals surface area contributed by atoms with Crippen LogP contribution >= 0.6 is 0 Å². The van der Waals surface area contributed by atoms with E-state index in [0.29, 0.717) is 17.4 Å². The molecule has 132 valence electrons. The van der Waals surface area contributed by atoms with Crippen LogP contribution in [-0.2, 0) is 11.9 Å². The van der Waals surface area contributed by atoms with Crippen molar-refractivity contribution in [3.63, 3.8) is 0 Å². The fraction of sp³-hybridized carbons (Fsp3) is 0.250. The van der Waals surface area contributed by atoms with E-state index >= 15 is 0 Å². The lowest BCUT2D eigenvalue weighted by molar-refractivity contribution is 0.0949. The Morgan fingerprint density at radius 3 is 2.85 bits per heavy atom. The lowest BCUT2D eigenvalue weighted by Gasteiger charge is -2.11. The molecule has 1 N–H and O–H groups in total. The van der Waals surface area contributed by atoms with Gasteiger partial charge in [0, 0.05) is 19.2 Å². The van der Waals surface area contributed by atoms with E-state index < -0.39 is 0 Å². The Balaban J connectivity index is 1.42. The van der Waals surface area contributed by atoms with E-state index in [1.165, 1.54) is 16.5 Å². The lowest BCUT2D eigenvalue weighted by Crippen LogP contribution is -2.21. The van der Waals surface area contributed by atoms with E-state index in [9.17, 15) is 4.79 Å². The maximum atomic E-state index is 12.2. The van der Waals surface area contributed by atoms with Gasteiger partial charge in [-0.3, -0.25) is 4.79 Å². The summed E-state index contributed by atoms with van der Waals surface area (Å²) in [4.78, 5) is 22.0. The first-order valence-electron chi connectivity index (χ1n) is 8.59. The van der Waals surface area contributed by atoms with Gasteiger partial charge in [-0.15, -0.1) is 0 Å². The fourth-order valence-electron chi connectivity index (χ4n) is 3.01. The highest BCUT2D eigenvalue weighted by molar-refractivity contribution is 6.01. The zero-order valence-electron chi connectivity index (χ0n) is 14.8. The average molecular weight is 348 g/mol. The van der Waals surface area contributed by atoms with Gasteiger partial charge in [-0.05, 0) is 30.7 Å². The monoisotopic (exact) mass is 348 g/mol. The number of hydrogen-bond donors (Lipinski definition) is 1. The minimum Gasteiger partial charge on any atom is -0.390 e. The summed E-state index contributed by atoms with van der Waals surface area (Å²) in [5.74, 6) is 0. The summed E-state index contributed by atoms with van der Waals surface area (Å²) in [7, 11) is 1.70. The van der Waals surface area contributed by atoms with Crippen LogP contribution in [-0.4, -0.2) is 27.9 Å². The van der Waals surface area contributed by atoms with E-state index in [1.807, 2.05) is 18.2 Å². The van der Waals surface area contributed by atoms with Crippen molar-refractivity contribution in [1.29, 1.82) is 0 Å². The molecule has 0 spiro atoms. The number of nitrogens with one attached hydrogen (secondary N) is 1. The Bertz CT molecular complexity index is 1040. The highest BCUT2D eigenvalue weighted by atomic mass is 16.6. The van der Waals surface area contributed by atoms with Crippen LogP contribution in [0.3, 0.4) is 0 Å². The van der Waals surface area contributed by atoms with E-state index in [2.05, 4.69) is 46.6 Å². The van der Waals surface area contributed by atoms with Crippen molar-refractivity contribution < 1.29 is 4.84 Å².